The normalized spacial score (nSPS) is 14.5. The molecule has 0 spiro atoms. The Morgan fingerprint density at radius 2 is 1.44 bits per heavy atom. The van der Waals surface area contributed by atoms with E-state index in [9.17, 15) is 10.2 Å². The summed E-state index contributed by atoms with van der Waals surface area (Å²) in [5, 5.41) is 22.2. The summed E-state index contributed by atoms with van der Waals surface area (Å²) < 4.78 is 0. The van der Waals surface area contributed by atoms with E-state index in [-0.39, 0.29) is 0 Å². The number of hydrogen-bond acceptors (Lipinski definition) is 2. The number of rotatable bonds is 8. The van der Waals surface area contributed by atoms with Gasteiger partial charge in [0.1, 0.15) is 5.60 Å². The van der Waals surface area contributed by atoms with Crippen LogP contribution in [0.5, 0.6) is 0 Å². The predicted octanol–water partition coefficient (Wildman–Crippen LogP) is 5.44. The molecule has 0 bridgehead atoms. The fourth-order valence-electron chi connectivity index (χ4n) is 3.48. The van der Waals surface area contributed by atoms with Crippen molar-refractivity contribution in [1.29, 1.82) is 0 Å². The van der Waals surface area contributed by atoms with E-state index in [4.69, 9.17) is 0 Å². The van der Waals surface area contributed by atoms with Crippen LogP contribution >= 0.6 is 0 Å². The van der Waals surface area contributed by atoms with Crippen molar-refractivity contribution >= 4 is 8.07 Å². The second-order valence-corrected chi connectivity index (χ2v) is 13.3. The van der Waals surface area contributed by atoms with Crippen molar-refractivity contribution < 1.29 is 10.2 Å². The molecule has 1 atom stereocenters. The maximum atomic E-state index is 11.8. The lowest BCUT2D eigenvalue weighted by molar-refractivity contribution is 0.0785. The van der Waals surface area contributed by atoms with Crippen molar-refractivity contribution in [3.63, 3.8) is 0 Å². The minimum atomic E-state index is -1.52. The van der Waals surface area contributed by atoms with Crippen molar-refractivity contribution in [2.24, 2.45) is 0 Å². The van der Waals surface area contributed by atoms with Crippen LogP contribution in [-0.4, -0.2) is 24.4 Å². The highest BCUT2D eigenvalue weighted by molar-refractivity contribution is 6.81. The van der Waals surface area contributed by atoms with E-state index in [1.165, 1.54) is 0 Å². The molecule has 0 saturated heterocycles. The lowest BCUT2D eigenvalue weighted by Crippen LogP contribution is -2.29. The molecular weight excluding hydrogens is 348 g/mol. The van der Waals surface area contributed by atoms with E-state index in [0.29, 0.717) is 12.8 Å². The first-order chi connectivity index (χ1) is 12.7. The largest absolute Gasteiger partial charge is 0.389 e. The minimum Gasteiger partial charge on any atom is -0.389 e. The molecule has 2 aromatic rings. The van der Waals surface area contributed by atoms with E-state index >= 15 is 0 Å². The van der Waals surface area contributed by atoms with Gasteiger partial charge in [-0.3, -0.25) is 0 Å². The van der Waals surface area contributed by atoms with Gasteiger partial charge in [0.2, 0.25) is 0 Å². The van der Waals surface area contributed by atoms with Crippen LogP contribution in [0.15, 0.2) is 84.1 Å². The monoisotopic (exact) mass is 380 g/mol. The first-order valence-corrected chi connectivity index (χ1v) is 13.2. The topological polar surface area (TPSA) is 40.5 Å². The quantitative estimate of drug-likeness (QED) is 0.473. The zero-order valence-corrected chi connectivity index (χ0v) is 17.9. The van der Waals surface area contributed by atoms with E-state index < -0.39 is 19.8 Å². The molecule has 0 saturated carbocycles. The lowest BCUT2D eigenvalue weighted by Gasteiger charge is -2.32. The van der Waals surface area contributed by atoms with Crippen LogP contribution in [0.1, 0.15) is 30.9 Å². The summed E-state index contributed by atoms with van der Waals surface area (Å²) in [6.45, 7) is 8.74. The standard InChI is InChI=1S/C24H32O2Si/c1-5-12-23(25)17-20(19-27(2,3)4)18-24(26,21-13-8-6-9-14-21)22-15-10-7-11-16-22/h5-16,19,23,25-26H,17-18H2,1-4H3/b12-5+,20-19-. The van der Waals surface area contributed by atoms with E-state index in [0.717, 1.165) is 16.7 Å². The number of aliphatic hydroxyl groups is 2. The summed E-state index contributed by atoms with van der Waals surface area (Å²) in [6.07, 6.45) is 4.16. The Kier molecular flexibility index (Phi) is 7.37. The van der Waals surface area contributed by atoms with Gasteiger partial charge in [-0.15, -0.1) is 0 Å². The molecule has 27 heavy (non-hydrogen) atoms. The number of benzene rings is 2. The Hall–Kier alpha value is -1.94. The molecular formula is C24H32O2Si. The smallest absolute Gasteiger partial charge is 0.118 e. The fraction of sp³-hybridized carbons (Fsp3) is 0.333. The molecule has 0 amide bonds. The number of hydrogen-bond donors (Lipinski definition) is 2. The van der Waals surface area contributed by atoms with Gasteiger partial charge in [-0.25, -0.2) is 0 Å². The molecule has 0 aliphatic rings. The van der Waals surface area contributed by atoms with Gasteiger partial charge in [-0.1, -0.05) is 104 Å². The third-order valence-corrected chi connectivity index (χ3v) is 5.78. The van der Waals surface area contributed by atoms with Crippen LogP contribution in [0.4, 0.5) is 0 Å². The summed E-state index contributed by atoms with van der Waals surface area (Å²) in [6, 6.07) is 19.7. The van der Waals surface area contributed by atoms with Crippen molar-refractivity contribution in [1.82, 2.24) is 0 Å². The van der Waals surface area contributed by atoms with Crippen LogP contribution in [-0.2, 0) is 5.60 Å². The lowest BCUT2D eigenvalue weighted by atomic mass is 9.80. The third kappa shape index (κ3) is 6.31. The van der Waals surface area contributed by atoms with Crippen molar-refractivity contribution in [3.8, 4) is 0 Å². The average molecular weight is 381 g/mol. The van der Waals surface area contributed by atoms with Gasteiger partial charge in [0, 0.05) is 6.42 Å². The minimum absolute atomic E-state index is 0.472. The second kappa shape index (κ2) is 9.31. The Bertz CT molecular complexity index is 718. The van der Waals surface area contributed by atoms with Gasteiger partial charge in [-0.05, 0) is 24.5 Å². The molecule has 1 unspecified atom stereocenters. The highest BCUT2D eigenvalue weighted by Gasteiger charge is 2.33. The van der Waals surface area contributed by atoms with Gasteiger partial charge in [0.25, 0.3) is 0 Å². The van der Waals surface area contributed by atoms with E-state index in [2.05, 4.69) is 25.3 Å². The van der Waals surface area contributed by atoms with Gasteiger partial charge in [-0.2, -0.15) is 0 Å². The van der Waals surface area contributed by atoms with Crippen LogP contribution in [0, 0.1) is 0 Å². The van der Waals surface area contributed by atoms with Crippen LogP contribution < -0.4 is 0 Å². The average Bonchev–Trinajstić information content (AvgIpc) is 2.62. The van der Waals surface area contributed by atoms with Crippen molar-refractivity contribution in [2.75, 3.05) is 0 Å². The van der Waals surface area contributed by atoms with Crippen LogP contribution in [0.3, 0.4) is 0 Å². The number of aliphatic hydroxyl groups excluding tert-OH is 1. The first kappa shape index (κ1) is 21.4. The van der Waals surface area contributed by atoms with Crippen molar-refractivity contribution in [3.05, 3.63) is 95.2 Å². The summed E-state index contributed by atoms with van der Waals surface area (Å²) in [5.74, 6) is 0. The molecule has 0 aliphatic heterocycles. The summed E-state index contributed by atoms with van der Waals surface area (Å²) in [7, 11) is -1.52. The number of allylic oxidation sites excluding steroid dienone is 1. The molecule has 2 rings (SSSR count). The molecule has 0 heterocycles. The highest BCUT2D eigenvalue weighted by atomic mass is 28.3. The molecule has 2 N–H and O–H groups in total. The maximum Gasteiger partial charge on any atom is 0.118 e. The second-order valence-electron chi connectivity index (χ2n) is 8.23. The molecule has 144 valence electrons. The van der Waals surface area contributed by atoms with Gasteiger partial charge in [0.05, 0.1) is 14.2 Å². The van der Waals surface area contributed by atoms with Crippen LogP contribution in [0.25, 0.3) is 0 Å². The van der Waals surface area contributed by atoms with Gasteiger partial charge < -0.3 is 10.2 Å². The fourth-order valence-corrected chi connectivity index (χ4v) is 4.93. The Labute approximate surface area is 164 Å². The molecule has 2 aromatic carbocycles. The summed E-state index contributed by atoms with van der Waals surface area (Å²) in [4.78, 5) is 0. The third-order valence-electron chi connectivity index (χ3n) is 4.51. The van der Waals surface area contributed by atoms with Gasteiger partial charge >= 0.3 is 0 Å². The van der Waals surface area contributed by atoms with Crippen LogP contribution in [0.2, 0.25) is 19.6 Å². The van der Waals surface area contributed by atoms with Gasteiger partial charge in [0.15, 0.2) is 0 Å². The molecule has 0 fully saturated rings. The highest BCUT2D eigenvalue weighted by Crippen LogP contribution is 2.37. The molecule has 0 aromatic heterocycles. The molecule has 0 radical (unpaired) electrons. The van der Waals surface area contributed by atoms with E-state index in [1.807, 2.05) is 79.7 Å². The summed E-state index contributed by atoms with van der Waals surface area (Å²) in [5.41, 5.74) is 4.05. The predicted molar refractivity (Wildman–Crippen MR) is 117 cm³/mol. The zero-order chi connectivity index (χ0) is 19.9. The Morgan fingerprint density at radius 1 is 0.963 bits per heavy atom. The Morgan fingerprint density at radius 3 is 1.85 bits per heavy atom. The zero-order valence-electron chi connectivity index (χ0n) is 16.9. The maximum absolute atomic E-state index is 11.8. The van der Waals surface area contributed by atoms with E-state index in [1.54, 1.807) is 0 Å². The van der Waals surface area contributed by atoms with Crippen molar-refractivity contribution in [2.45, 2.75) is 51.1 Å². The SMILES string of the molecule is C/C=C/C(O)C/C(=C/[Si](C)(C)C)CC(O)(c1ccccc1)c1ccccc1. The molecule has 3 heteroatoms. The Balaban J connectivity index is 2.49. The molecule has 0 aliphatic carbocycles. The molecule has 2 nitrogen and oxygen atoms in total. The first-order valence-electron chi connectivity index (χ1n) is 9.59. The summed E-state index contributed by atoms with van der Waals surface area (Å²) >= 11 is 0.